The van der Waals surface area contributed by atoms with E-state index in [0.717, 1.165) is 55.6 Å². The maximum atomic E-state index is 12.6. The number of hydrogen-bond donors (Lipinski definition) is 1. The molecule has 2 aliphatic carbocycles. The molecule has 1 atom stereocenters. The molecule has 30 heavy (non-hydrogen) atoms. The summed E-state index contributed by atoms with van der Waals surface area (Å²) in [5, 5.41) is 3.13. The van der Waals surface area contributed by atoms with Crippen molar-refractivity contribution in [1.29, 1.82) is 0 Å². The summed E-state index contributed by atoms with van der Waals surface area (Å²) in [5.74, 6) is 1.23. The second kappa shape index (κ2) is 7.63. The summed E-state index contributed by atoms with van der Waals surface area (Å²) in [6, 6.07) is 3.70. The normalized spacial score (nSPS) is 21.1. The van der Waals surface area contributed by atoms with Crippen molar-refractivity contribution in [3.63, 3.8) is 0 Å². The van der Waals surface area contributed by atoms with Crippen LogP contribution in [0.4, 0.5) is 0 Å². The van der Waals surface area contributed by atoms with Crippen LogP contribution >= 0.6 is 0 Å². The average molecular weight is 403 g/mol. The number of piperidine rings is 1. The van der Waals surface area contributed by atoms with E-state index in [0.29, 0.717) is 23.6 Å². The van der Waals surface area contributed by atoms with Gasteiger partial charge in [0, 0.05) is 56.4 Å². The van der Waals surface area contributed by atoms with Crippen LogP contribution < -0.4 is 5.32 Å². The molecule has 1 N–H and O–H groups in total. The van der Waals surface area contributed by atoms with E-state index in [4.69, 9.17) is 0 Å². The number of carbonyl (C=O) groups excluding carboxylic acids is 2. The fraction of sp³-hybridized carbons (Fsp3) is 0.435. The number of amides is 2. The van der Waals surface area contributed by atoms with Gasteiger partial charge >= 0.3 is 0 Å². The Morgan fingerprint density at radius 2 is 1.97 bits per heavy atom. The maximum absolute atomic E-state index is 12.6. The van der Waals surface area contributed by atoms with Gasteiger partial charge in [0.2, 0.25) is 11.8 Å². The van der Waals surface area contributed by atoms with Crippen molar-refractivity contribution in [3.8, 4) is 0 Å². The van der Waals surface area contributed by atoms with Gasteiger partial charge in [-0.05, 0) is 59.9 Å². The van der Waals surface area contributed by atoms with Gasteiger partial charge in [0.1, 0.15) is 5.82 Å². The minimum absolute atomic E-state index is 0.0312. The quantitative estimate of drug-likeness (QED) is 0.823. The zero-order chi connectivity index (χ0) is 20.6. The molecule has 5 rings (SSSR count). The van der Waals surface area contributed by atoms with Gasteiger partial charge in [0.15, 0.2) is 0 Å². The van der Waals surface area contributed by atoms with Crippen molar-refractivity contribution >= 4 is 17.9 Å². The SMILES string of the molecule is O=C(NCC1CC12CCN(C(=O)Cc1ncccn1)CC2)C1=Cc2ccncc2C1. The van der Waals surface area contributed by atoms with E-state index in [9.17, 15) is 9.59 Å². The first kappa shape index (κ1) is 18.9. The van der Waals surface area contributed by atoms with Crippen LogP contribution in [-0.4, -0.2) is 51.3 Å². The molecule has 1 unspecified atom stereocenters. The average Bonchev–Trinajstić information content (AvgIpc) is 3.25. The topological polar surface area (TPSA) is 88.1 Å². The van der Waals surface area contributed by atoms with Crippen molar-refractivity contribution in [2.45, 2.75) is 32.1 Å². The Labute approximate surface area is 175 Å². The maximum Gasteiger partial charge on any atom is 0.247 e. The van der Waals surface area contributed by atoms with Crippen LogP contribution in [0, 0.1) is 11.3 Å². The highest BCUT2D eigenvalue weighted by atomic mass is 16.2. The lowest BCUT2D eigenvalue weighted by Crippen LogP contribution is -2.41. The lowest BCUT2D eigenvalue weighted by atomic mass is 9.90. The van der Waals surface area contributed by atoms with Crippen LogP contribution in [-0.2, 0) is 22.4 Å². The van der Waals surface area contributed by atoms with Crippen LogP contribution in [0.1, 0.15) is 36.2 Å². The second-order valence-corrected chi connectivity index (χ2v) is 8.62. The third-order valence-corrected chi connectivity index (χ3v) is 6.85. The molecule has 1 spiro atoms. The van der Waals surface area contributed by atoms with Crippen molar-refractivity contribution in [1.82, 2.24) is 25.2 Å². The van der Waals surface area contributed by atoms with Gasteiger partial charge in [0.25, 0.3) is 0 Å². The van der Waals surface area contributed by atoms with Crippen molar-refractivity contribution in [2.75, 3.05) is 19.6 Å². The van der Waals surface area contributed by atoms with Crippen LogP contribution in [0.2, 0.25) is 0 Å². The van der Waals surface area contributed by atoms with Gasteiger partial charge in [-0.25, -0.2) is 9.97 Å². The Kier molecular flexibility index (Phi) is 4.81. The predicted molar refractivity (Wildman–Crippen MR) is 111 cm³/mol. The third kappa shape index (κ3) is 3.72. The van der Waals surface area contributed by atoms with Gasteiger partial charge in [-0.15, -0.1) is 0 Å². The van der Waals surface area contributed by atoms with Crippen molar-refractivity contribution < 1.29 is 9.59 Å². The van der Waals surface area contributed by atoms with Gasteiger partial charge < -0.3 is 10.2 Å². The lowest BCUT2D eigenvalue weighted by Gasteiger charge is -2.33. The first-order valence-corrected chi connectivity index (χ1v) is 10.6. The van der Waals surface area contributed by atoms with Gasteiger partial charge in [0.05, 0.1) is 6.42 Å². The van der Waals surface area contributed by atoms with E-state index in [1.165, 1.54) is 0 Å². The Morgan fingerprint density at radius 3 is 2.73 bits per heavy atom. The highest BCUT2D eigenvalue weighted by molar-refractivity contribution is 6.00. The molecule has 0 aromatic carbocycles. The largest absolute Gasteiger partial charge is 0.352 e. The van der Waals surface area contributed by atoms with Crippen LogP contribution in [0.25, 0.3) is 6.08 Å². The monoisotopic (exact) mass is 403 g/mol. The van der Waals surface area contributed by atoms with E-state index < -0.39 is 0 Å². The first-order chi connectivity index (χ1) is 14.6. The van der Waals surface area contributed by atoms with Gasteiger partial charge in [-0.1, -0.05) is 0 Å². The molecule has 1 saturated heterocycles. The molecule has 154 valence electrons. The Balaban J connectivity index is 1.08. The van der Waals surface area contributed by atoms with Crippen LogP contribution in [0.5, 0.6) is 0 Å². The number of nitrogens with zero attached hydrogens (tertiary/aromatic N) is 4. The zero-order valence-electron chi connectivity index (χ0n) is 16.9. The van der Waals surface area contributed by atoms with Crippen molar-refractivity contribution in [3.05, 3.63) is 59.4 Å². The number of likely N-dealkylation sites (tertiary alicyclic amines) is 1. The predicted octanol–water partition coefficient (Wildman–Crippen LogP) is 1.80. The number of nitrogens with one attached hydrogen (secondary N) is 1. The molecule has 0 bridgehead atoms. The summed E-state index contributed by atoms with van der Waals surface area (Å²) < 4.78 is 0. The summed E-state index contributed by atoms with van der Waals surface area (Å²) in [7, 11) is 0. The summed E-state index contributed by atoms with van der Waals surface area (Å²) in [6.45, 7) is 2.28. The molecular formula is C23H25N5O2. The molecule has 3 heterocycles. The number of pyridine rings is 1. The number of hydrogen-bond acceptors (Lipinski definition) is 5. The highest BCUT2D eigenvalue weighted by Crippen LogP contribution is 2.59. The highest BCUT2D eigenvalue weighted by Gasteiger charge is 2.54. The van der Waals surface area contributed by atoms with E-state index in [1.807, 2.05) is 23.2 Å². The minimum Gasteiger partial charge on any atom is -0.352 e. The molecular weight excluding hydrogens is 378 g/mol. The summed E-state index contributed by atoms with van der Waals surface area (Å²) in [6.07, 6.45) is 13.0. The van der Waals surface area contributed by atoms with E-state index in [2.05, 4.69) is 20.3 Å². The summed E-state index contributed by atoms with van der Waals surface area (Å²) in [4.78, 5) is 39.4. The number of aromatic nitrogens is 3. The van der Waals surface area contributed by atoms with E-state index in [-0.39, 0.29) is 18.2 Å². The van der Waals surface area contributed by atoms with Crippen LogP contribution in [0.15, 0.2) is 42.5 Å². The number of rotatable bonds is 5. The number of fused-ring (bicyclic) bond motifs is 1. The molecule has 0 radical (unpaired) electrons. The molecule has 7 nitrogen and oxygen atoms in total. The minimum atomic E-state index is 0.0312. The third-order valence-electron chi connectivity index (χ3n) is 6.85. The zero-order valence-corrected chi connectivity index (χ0v) is 16.9. The summed E-state index contributed by atoms with van der Waals surface area (Å²) in [5.41, 5.74) is 3.32. The summed E-state index contributed by atoms with van der Waals surface area (Å²) >= 11 is 0. The molecule has 2 amide bonds. The first-order valence-electron chi connectivity index (χ1n) is 10.6. The lowest BCUT2D eigenvalue weighted by molar-refractivity contribution is -0.132. The van der Waals surface area contributed by atoms with Gasteiger partial charge in [-0.2, -0.15) is 0 Å². The van der Waals surface area contributed by atoms with E-state index >= 15 is 0 Å². The fourth-order valence-electron chi connectivity index (χ4n) is 4.85. The molecule has 7 heteroatoms. The Morgan fingerprint density at radius 1 is 1.17 bits per heavy atom. The van der Waals surface area contributed by atoms with Gasteiger partial charge in [-0.3, -0.25) is 14.6 Å². The molecule has 3 aliphatic rings. The molecule has 1 saturated carbocycles. The fourth-order valence-corrected chi connectivity index (χ4v) is 4.85. The second-order valence-electron chi connectivity index (χ2n) is 8.62. The van der Waals surface area contributed by atoms with Crippen LogP contribution in [0.3, 0.4) is 0 Å². The molecule has 2 aromatic rings. The molecule has 1 aliphatic heterocycles. The smallest absolute Gasteiger partial charge is 0.247 e. The van der Waals surface area contributed by atoms with Crippen molar-refractivity contribution in [2.24, 2.45) is 11.3 Å². The molecule has 2 aromatic heterocycles. The number of carbonyl (C=O) groups is 2. The Bertz CT molecular complexity index is 996. The Hall–Kier alpha value is -3.09. The molecule has 2 fully saturated rings. The standard InChI is InChI=1S/C23H25N5O2/c29-21(12-20-25-5-1-6-26-20)28-8-3-23(4-9-28)13-19(23)15-27-22(30)17-10-16-2-7-24-14-18(16)11-17/h1-2,5-7,10,14,19H,3-4,8-9,11-13,15H2,(H,27,30). The van der Waals surface area contributed by atoms with E-state index in [1.54, 1.807) is 24.7 Å².